The van der Waals surface area contributed by atoms with E-state index in [1.807, 2.05) is 12.3 Å². The van der Waals surface area contributed by atoms with Crippen LogP contribution in [0, 0.1) is 0 Å². The van der Waals surface area contributed by atoms with E-state index in [0.29, 0.717) is 6.04 Å². The molecule has 1 fully saturated rings. The highest BCUT2D eigenvalue weighted by molar-refractivity contribution is 5.42. The molecule has 17 heavy (non-hydrogen) atoms. The Morgan fingerprint density at radius 2 is 2.47 bits per heavy atom. The molecule has 0 spiro atoms. The lowest BCUT2D eigenvalue weighted by Crippen LogP contribution is -2.43. The lowest BCUT2D eigenvalue weighted by molar-refractivity contribution is -0.00489. The summed E-state index contributed by atoms with van der Waals surface area (Å²) < 4.78 is 5.44. The van der Waals surface area contributed by atoms with Crippen molar-refractivity contribution in [1.82, 2.24) is 9.88 Å². The molecule has 0 aromatic carbocycles. The van der Waals surface area contributed by atoms with Crippen molar-refractivity contribution in [1.29, 1.82) is 0 Å². The number of hydrogen-bond acceptors (Lipinski definition) is 4. The lowest BCUT2D eigenvalue weighted by Gasteiger charge is -2.32. The van der Waals surface area contributed by atoms with Crippen molar-refractivity contribution in [3.05, 3.63) is 24.0 Å². The van der Waals surface area contributed by atoms with Crippen LogP contribution in [0.3, 0.4) is 0 Å². The van der Waals surface area contributed by atoms with E-state index in [1.165, 1.54) is 0 Å². The van der Waals surface area contributed by atoms with Crippen molar-refractivity contribution in [3.8, 4) is 0 Å². The van der Waals surface area contributed by atoms with Crippen LogP contribution in [0.4, 0.5) is 5.69 Å². The van der Waals surface area contributed by atoms with Crippen LogP contribution in [-0.2, 0) is 11.3 Å². The number of pyridine rings is 1. The number of nitrogens with one attached hydrogen (secondary N) is 1. The molecule has 94 valence electrons. The minimum Gasteiger partial charge on any atom is -0.385 e. The summed E-state index contributed by atoms with van der Waals surface area (Å²) in [6, 6.07) is 4.62. The van der Waals surface area contributed by atoms with Gasteiger partial charge in [0.05, 0.1) is 18.9 Å². The minimum absolute atomic E-state index is 0.480. The second kappa shape index (κ2) is 5.98. The molecule has 0 aliphatic carbocycles. The largest absolute Gasteiger partial charge is 0.385 e. The average Bonchev–Trinajstić information content (AvgIpc) is 2.33. The standard InChI is InChI=1S/C13H21N3O/c1-3-14-12-4-5-15-13(8-12)9-16-6-7-17-10-11(16)2/h4-5,8,11H,3,6-7,9-10H2,1-2H3,(H,14,15). The fourth-order valence-corrected chi connectivity index (χ4v) is 2.08. The molecule has 0 amide bonds. The highest BCUT2D eigenvalue weighted by Crippen LogP contribution is 2.13. The summed E-state index contributed by atoms with van der Waals surface area (Å²) in [5.74, 6) is 0. The molecule has 0 radical (unpaired) electrons. The van der Waals surface area contributed by atoms with Crippen molar-refractivity contribution >= 4 is 5.69 Å². The molecule has 2 rings (SSSR count). The zero-order chi connectivity index (χ0) is 12.1. The molecule has 4 nitrogen and oxygen atoms in total. The molecule has 1 aromatic heterocycles. The highest BCUT2D eigenvalue weighted by Gasteiger charge is 2.19. The highest BCUT2D eigenvalue weighted by atomic mass is 16.5. The third-order valence-corrected chi connectivity index (χ3v) is 3.07. The first-order valence-electron chi connectivity index (χ1n) is 6.30. The number of ether oxygens (including phenoxy) is 1. The summed E-state index contributed by atoms with van der Waals surface area (Å²) in [7, 11) is 0. The van der Waals surface area contributed by atoms with Gasteiger partial charge in [0, 0.05) is 37.6 Å². The van der Waals surface area contributed by atoms with Crippen LogP contribution >= 0.6 is 0 Å². The first-order chi connectivity index (χ1) is 8.29. The Morgan fingerprint density at radius 1 is 1.59 bits per heavy atom. The van der Waals surface area contributed by atoms with Crippen LogP contribution in [0.5, 0.6) is 0 Å². The monoisotopic (exact) mass is 235 g/mol. The van der Waals surface area contributed by atoms with Crippen LogP contribution in [0.25, 0.3) is 0 Å². The van der Waals surface area contributed by atoms with Crippen LogP contribution in [0.2, 0.25) is 0 Å². The van der Waals surface area contributed by atoms with Gasteiger partial charge in [-0.05, 0) is 26.0 Å². The van der Waals surface area contributed by atoms with Gasteiger partial charge in [-0.15, -0.1) is 0 Å². The first kappa shape index (κ1) is 12.3. The fourth-order valence-electron chi connectivity index (χ4n) is 2.08. The van der Waals surface area contributed by atoms with Crippen molar-refractivity contribution in [3.63, 3.8) is 0 Å². The molecule has 0 bridgehead atoms. The fraction of sp³-hybridized carbons (Fsp3) is 0.615. The summed E-state index contributed by atoms with van der Waals surface area (Å²) in [4.78, 5) is 6.85. The maximum atomic E-state index is 5.44. The second-order valence-electron chi connectivity index (χ2n) is 4.46. The second-order valence-corrected chi connectivity index (χ2v) is 4.46. The maximum Gasteiger partial charge on any atom is 0.0619 e. The van der Waals surface area contributed by atoms with Gasteiger partial charge < -0.3 is 10.1 Å². The van der Waals surface area contributed by atoms with E-state index in [2.05, 4.69) is 35.1 Å². The molecule has 2 heterocycles. The van der Waals surface area contributed by atoms with E-state index in [-0.39, 0.29) is 0 Å². The molecule has 1 unspecified atom stereocenters. The van der Waals surface area contributed by atoms with E-state index in [1.54, 1.807) is 0 Å². The minimum atomic E-state index is 0.480. The Morgan fingerprint density at radius 3 is 3.24 bits per heavy atom. The first-order valence-corrected chi connectivity index (χ1v) is 6.30. The number of morpholine rings is 1. The van der Waals surface area contributed by atoms with Gasteiger partial charge in [-0.25, -0.2) is 0 Å². The van der Waals surface area contributed by atoms with Crippen molar-refractivity contribution in [2.45, 2.75) is 26.4 Å². The van der Waals surface area contributed by atoms with Gasteiger partial charge in [0.25, 0.3) is 0 Å². The smallest absolute Gasteiger partial charge is 0.0619 e. The molecule has 0 saturated carbocycles. The SMILES string of the molecule is CCNc1ccnc(CN2CCOCC2C)c1. The Labute approximate surface area is 103 Å². The molecule has 4 heteroatoms. The topological polar surface area (TPSA) is 37.4 Å². The van der Waals surface area contributed by atoms with Gasteiger partial charge in [-0.3, -0.25) is 9.88 Å². The molecule has 1 aromatic rings. The predicted molar refractivity (Wildman–Crippen MR) is 69.1 cm³/mol. The number of anilines is 1. The van der Waals surface area contributed by atoms with Gasteiger partial charge in [-0.2, -0.15) is 0 Å². The summed E-state index contributed by atoms with van der Waals surface area (Å²) >= 11 is 0. The molecular formula is C13H21N3O. The van der Waals surface area contributed by atoms with Gasteiger partial charge in [0.15, 0.2) is 0 Å². The van der Waals surface area contributed by atoms with Crippen LogP contribution in [-0.4, -0.2) is 42.2 Å². The zero-order valence-corrected chi connectivity index (χ0v) is 10.6. The van der Waals surface area contributed by atoms with E-state index in [0.717, 1.165) is 44.2 Å². The van der Waals surface area contributed by atoms with Crippen LogP contribution in [0.15, 0.2) is 18.3 Å². The van der Waals surface area contributed by atoms with Crippen LogP contribution < -0.4 is 5.32 Å². The number of nitrogens with zero attached hydrogens (tertiary/aromatic N) is 2. The molecule has 1 atom stereocenters. The van der Waals surface area contributed by atoms with E-state index in [9.17, 15) is 0 Å². The number of aromatic nitrogens is 1. The Hall–Kier alpha value is -1.13. The predicted octanol–water partition coefficient (Wildman–Crippen LogP) is 1.73. The quantitative estimate of drug-likeness (QED) is 0.862. The number of hydrogen-bond donors (Lipinski definition) is 1. The molecule has 1 saturated heterocycles. The maximum absolute atomic E-state index is 5.44. The summed E-state index contributed by atoms with van der Waals surface area (Å²) in [6.45, 7) is 8.80. The van der Waals surface area contributed by atoms with E-state index >= 15 is 0 Å². The lowest BCUT2D eigenvalue weighted by atomic mass is 10.2. The van der Waals surface area contributed by atoms with Crippen LogP contribution in [0.1, 0.15) is 19.5 Å². The molecule has 1 aliphatic heterocycles. The zero-order valence-electron chi connectivity index (χ0n) is 10.6. The van der Waals surface area contributed by atoms with Gasteiger partial charge in [0.2, 0.25) is 0 Å². The summed E-state index contributed by atoms with van der Waals surface area (Å²) in [6.07, 6.45) is 1.87. The average molecular weight is 235 g/mol. The van der Waals surface area contributed by atoms with Gasteiger partial charge in [0.1, 0.15) is 0 Å². The van der Waals surface area contributed by atoms with E-state index in [4.69, 9.17) is 4.74 Å². The van der Waals surface area contributed by atoms with Gasteiger partial charge >= 0.3 is 0 Å². The third kappa shape index (κ3) is 3.41. The Bertz CT molecular complexity index is 356. The van der Waals surface area contributed by atoms with Crippen molar-refractivity contribution in [2.75, 3.05) is 31.6 Å². The van der Waals surface area contributed by atoms with Crippen molar-refractivity contribution < 1.29 is 4.74 Å². The third-order valence-electron chi connectivity index (χ3n) is 3.07. The van der Waals surface area contributed by atoms with Crippen molar-refractivity contribution in [2.24, 2.45) is 0 Å². The molecular weight excluding hydrogens is 214 g/mol. The van der Waals surface area contributed by atoms with Gasteiger partial charge in [-0.1, -0.05) is 0 Å². The summed E-state index contributed by atoms with van der Waals surface area (Å²) in [5.41, 5.74) is 2.27. The number of rotatable bonds is 4. The molecule has 1 aliphatic rings. The Kier molecular flexibility index (Phi) is 4.34. The molecule has 1 N–H and O–H groups in total. The summed E-state index contributed by atoms with van der Waals surface area (Å²) in [5, 5.41) is 3.31. The normalized spacial score (nSPS) is 21.4. The Balaban J connectivity index is 1.99. The van der Waals surface area contributed by atoms with E-state index < -0.39 is 0 Å².